The van der Waals surface area contributed by atoms with Gasteiger partial charge in [-0.15, -0.1) is 11.3 Å². The molecule has 0 aliphatic carbocycles. The third-order valence-corrected chi connectivity index (χ3v) is 5.05. The fourth-order valence-electron chi connectivity index (χ4n) is 1.74. The molecule has 21 heavy (non-hydrogen) atoms. The lowest BCUT2D eigenvalue weighted by atomic mass is 10.2. The summed E-state index contributed by atoms with van der Waals surface area (Å²) in [4.78, 5) is 12.4. The van der Waals surface area contributed by atoms with Crippen molar-refractivity contribution in [2.45, 2.75) is 26.4 Å². The Hall–Kier alpha value is -1.40. The van der Waals surface area contributed by atoms with Crippen LogP contribution in [0.1, 0.15) is 39.9 Å². The normalized spacial score (nSPS) is 10.9. The molecule has 0 spiro atoms. The van der Waals surface area contributed by atoms with E-state index in [1.54, 1.807) is 12.1 Å². The van der Waals surface area contributed by atoms with Crippen LogP contribution in [0.4, 0.5) is 4.39 Å². The third-order valence-electron chi connectivity index (χ3n) is 2.87. The molecule has 0 unspecified atom stereocenters. The molecule has 2 aromatic rings. The molecule has 0 fully saturated rings. The molecule has 0 amide bonds. The van der Waals surface area contributed by atoms with E-state index in [1.807, 2.05) is 13.8 Å². The zero-order valence-corrected chi connectivity index (χ0v) is 13.9. The summed E-state index contributed by atoms with van der Waals surface area (Å²) < 4.78 is 19.5. The number of aromatic carboxylic acids is 1. The maximum Gasteiger partial charge on any atom is 0.349 e. The number of thiophene rings is 1. The number of hydrogen-bond donors (Lipinski definition) is 1. The first-order chi connectivity index (χ1) is 9.88. The minimum absolute atomic E-state index is 0.104. The zero-order chi connectivity index (χ0) is 15.6. The first-order valence-electron chi connectivity index (χ1n) is 6.32. The summed E-state index contributed by atoms with van der Waals surface area (Å²) in [5.74, 6) is -0.817. The molecule has 0 atom stereocenters. The molecular formula is C15H14BrFO3S. The average Bonchev–Trinajstić information content (AvgIpc) is 2.84. The largest absolute Gasteiger partial charge is 0.487 e. The van der Waals surface area contributed by atoms with Crippen LogP contribution in [0.25, 0.3) is 0 Å². The van der Waals surface area contributed by atoms with Crippen LogP contribution in [-0.2, 0) is 6.61 Å². The van der Waals surface area contributed by atoms with Gasteiger partial charge in [-0.25, -0.2) is 9.18 Å². The summed E-state index contributed by atoms with van der Waals surface area (Å²) in [5, 5.41) is 9.22. The number of halogens is 2. The van der Waals surface area contributed by atoms with Crippen molar-refractivity contribution in [1.82, 2.24) is 0 Å². The van der Waals surface area contributed by atoms with Crippen LogP contribution in [0.5, 0.6) is 5.75 Å². The van der Waals surface area contributed by atoms with E-state index >= 15 is 0 Å². The van der Waals surface area contributed by atoms with Gasteiger partial charge in [-0.3, -0.25) is 0 Å². The molecule has 0 aliphatic rings. The Labute approximate surface area is 134 Å². The number of ether oxygens (including phenoxy) is 1. The van der Waals surface area contributed by atoms with Gasteiger partial charge in [0.2, 0.25) is 0 Å². The lowest BCUT2D eigenvalue weighted by Gasteiger charge is -2.07. The Morgan fingerprint density at radius 2 is 2.14 bits per heavy atom. The number of carboxylic acid groups (broad SMARTS) is 1. The second-order valence-electron chi connectivity index (χ2n) is 4.83. The van der Waals surface area contributed by atoms with Gasteiger partial charge >= 0.3 is 5.97 Å². The number of benzene rings is 1. The van der Waals surface area contributed by atoms with Crippen molar-refractivity contribution in [3.63, 3.8) is 0 Å². The highest BCUT2D eigenvalue weighted by Gasteiger charge is 2.18. The molecule has 0 saturated heterocycles. The first kappa shape index (κ1) is 16.0. The number of carboxylic acids is 1. The van der Waals surface area contributed by atoms with Crippen molar-refractivity contribution >= 4 is 33.2 Å². The Bertz CT molecular complexity index is 667. The van der Waals surface area contributed by atoms with Crippen molar-refractivity contribution in [2.24, 2.45) is 0 Å². The van der Waals surface area contributed by atoms with Crippen LogP contribution >= 0.6 is 27.3 Å². The molecule has 1 aromatic carbocycles. The minimum Gasteiger partial charge on any atom is -0.487 e. The highest BCUT2D eigenvalue weighted by atomic mass is 79.9. The van der Waals surface area contributed by atoms with Crippen LogP contribution in [0.15, 0.2) is 28.7 Å². The minimum atomic E-state index is -1.01. The lowest BCUT2D eigenvalue weighted by Crippen LogP contribution is -2.01. The Morgan fingerprint density at radius 1 is 1.43 bits per heavy atom. The molecule has 3 nitrogen and oxygen atoms in total. The highest BCUT2D eigenvalue weighted by molar-refractivity contribution is 9.10. The molecule has 0 aliphatic heterocycles. The third kappa shape index (κ3) is 3.83. The van der Waals surface area contributed by atoms with Gasteiger partial charge in [0.05, 0.1) is 0 Å². The van der Waals surface area contributed by atoms with E-state index in [0.29, 0.717) is 11.3 Å². The van der Waals surface area contributed by atoms with Crippen molar-refractivity contribution in [3.05, 3.63) is 49.9 Å². The predicted octanol–water partition coefficient (Wildman–Crippen LogP) is 5.05. The van der Waals surface area contributed by atoms with Crippen LogP contribution < -0.4 is 4.74 Å². The predicted molar refractivity (Wildman–Crippen MR) is 83.8 cm³/mol. The molecule has 0 bridgehead atoms. The molecule has 6 heteroatoms. The first-order valence-corrected chi connectivity index (χ1v) is 7.93. The fourth-order valence-corrected chi connectivity index (χ4v) is 3.05. The van der Waals surface area contributed by atoms with Gasteiger partial charge in [0.1, 0.15) is 18.2 Å². The van der Waals surface area contributed by atoms with Crippen LogP contribution in [0.2, 0.25) is 0 Å². The zero-order valence-electron chi connectivity index (χ0n) is 11.5. The fraction of sp³-hybridized carbons (Fsp3) is 0.267. The lowest BCUT2D eigenvalue weighted by molar-refractivity contribution is 0.0697. The molecule has 1 heterocycles. The van der Waals surface area contributed by atoms with Gasteiger partial charge in [-0.2, -0.15) is 0 Å². The maximum absolute atomic E-state index is 13.2. The molecule has 0 radical (unpaired) electrons. The summed E-state index contributed by atoms with van der Waals surface area (Å²) in [5.41, 5.74) is 0.628. The van der Waals surface area contributed by atoms with E-state index in [2.05, 4.69) is 15.9 Å². The summed E-state index contributed by atoms with van der Waals surface area (Å²) >= 11 is 4.53. The van der Waals surface area contributed by atoms with E-state index in [1.165, 1.54) is 23.5 Å². The van der Waals surface area contributed by atoms with E-state index in [-0.39, 0.29) is 23.2 Å². The highest BCUT2D eigenvalue weighted by Crippen LogP contribution is 2.34. The van der Waals surface area contributed by atoms with Gasteiger partial charge in [-0.05, 0) is 30.2 Å². The molecule has 112 valence electrons. The summed E-state index contributed by atoms with van der Waals surface area (Å²) in [7, 11) is 0. The molecule has 1 aromatic heterocycles. The molecule has 0 saturated carbocycles. The van der Waals surface area contributed by atoms with Gasteiger partial charge in [0, 0.05) is 14.9 Å². The van der Waals surface area contributed by atoms with E-state index in [9.17, 15) is 14.3 Å². The summed E-state index contributed by atoms with van der Waals surface area (Å²) in [6.07, 6.45) is 0. The van der Waals surface area contributed by atoms with Crippen molar-refractivity contribution in [1.29, 1.82) is 0 Å². The van der Waals surface area contributed by atoms with Crippen molar-refractivity contribution < 1.29 is 19.0 Å². The standard InChI is InChI=1S/C15H14BrFO3S/c1-8(2)13-6-12(14(21-13)15(18)19)20-7-9-5-10(17)3-4-11(9)16/h3-6,8H,7H2,1-2H3,(H,18,19). The number of carbonyl (C=O) groups is 1. The second kappa shape index (κ2) is 6.58. The van der Waals surface area contributed by atoms with Crippen molar-refractivity contribution in [2.75, 3.05) is 0 Å². The summed E-state index contributed by atoms with van der Waals surface area (Å²) in [6.45, 7) is 4.09. The Balaban J connectivity index is 2.23. The molecular weight excluding hydrogens is 359 g/mol. The second-order valence-corrected chi connectivity index (χ2v) is 6.76. The SMILES string of the molecule is CC(C)c1cc(OCc2cc(F)ccc2Br)c(C(=O)O)s1. The van der Waals surface area contributed by atoms with Crippen LogP contribution in [0, 0.1) is 5.82 Å². The smallest absolute Gasteiger partial charge is 0.349 e. The Kier molecular flexibility index (Phi) is 5.00. The van der Waals surface area contributed by atoms with Gasteiger partial charge in [0.15, 0.2) is 4.88 Å². The average molecular weight is 373 g/mol. The Morgan fingerprint density at radius 3 is 2.76 bits per heavy atom. The van der Waals surface area contributed by atoms with E-state index in [4.69, 9.17) is 4.74 Å². The quantitative estimate of drug-likeness (QED) is 0.798. The maximum atomic E-state index is 13.2. The molecule has 2 rings (SSSR count). The number of rotatable bonds is 5. The van der Waals surface area contributed by atoms with Crippen LogP contribution in [0.3, 0.4) is 0 Å². The van der Waals surface area contributed by atoms with Gasteiger partial charge in [-0.1, -0.05) is 29.8 Å². The van der Waals surface area contributed by atoms with Crippen LogP contribution in [-0.4, -0.2) is 11.1 Å². The van der Waals surface area contributed by atoms with Gasteiger partial charge in [0.25, 0.3) is 0 Å². The van der Waals surface area contributed by atoms with E-state index in [0.717, 1.165) is 9.35 Å². The topological polar surface area (TPSA) is 46.5 Å². The summed E-state index contributed by atoms with van der Waals surface area (Å²) in [6, 6.07) is 6.04. The monoisotopic (exact) mass is 372 g/mol. The molecule has 1 N–H and O–H groups in total. The van der Waals surface area contributed by atoms with E-state index < -0.39 is 5.97 Å². The van der Waals surface area contributed by atoms with Crippen molar-refractivity contribution in [3.8, 4) is 5.75 Å². The number of hydrogen-bond acceptors (Lipinski definition) is 3. The van der Waals surface area contributed by atoms with Gasteiger partial charge < -0.3 is 9.84 Å².